The number of halogens is 1. The normalized spacial score (nSPS) is 10.2. The first-order chi connectivity index (χ1) is 13.6. The molecule has 0 saturated carbocycles. The standard InChI is InChI=1S/C19H17FN6OS/c1-2-17(27)23-12-5-3-6-13(9-12)24-18-16(20)11-22-19(26-18)25-14-7-4-8-15(10-14)28-21/h2-11H,1,21H2,(H,23,27)(H2,22,24,25,26). The molecule has 1 aromatic heterocycles. The third kappa shape index (κ3) is 5.06. The largest absolute Gasteiger partial charge is 0.338 e. The number of carbonyl (C=O) groups excluding carboxylic acids is 1. The third-order valence-corrected chi connectivity index (χ3v) is 4.07. The third-order valence-electron chi connectivity index (χ3n) is 3.55. The van der Waals surface area contributed by atoms with E-state index in [0.717, 1.165) is 28.7 Å². The number of hydrogen-bond acceptors (Lipinski definition) is 7. The summed E-state index contributed by atoms with van der Waals surface area (Å²) in [6.45, 7) is 3.40. The number of nitrogens with two attached hydrogens (primary N) is 1. The summed E-state index contributed by atoms with van der Waals surface area (Å²) in [6, 6.07) is 14.2. The molecule has 2 aromatic carbocycles. The molecule has 3 aromatic rings. The smallest absolute Gasteiger partial charge is 0.247 e. The lowest BCUT2D eigenvalue weighted by molar-refractivity contribution is -0.111. The molecule has 0 atom stereocenters. The maximum atomic E-state index is 14.2. The summed E-state index contributed by atoms with van der Waals surface area (Å²) in [7, 11) is 0. The molecule has 1 amide bonds. The minimum absolute atomic E-state index is 0.00551. The molecule has 7 nitrogen and oxygen atoms in total. The van der Waals surface area contributed by atoms with Gasteiger partial charge in [0.25, 0.3) is 0 Å². The first-order valence-corrected chi connectivity index (χ1v) is 9.02. The maximum Gasteiger partial charge on any atom is 0.247 e. The first kappa shape index (κ1) is 19.3. The summed E-state index contributed by atoms with van der Waals surface area (Å²) < 4.78 is 14.2. The second kappa shape index (κ2) is 8.98. The monoisotopic (exact) mass is 396 g/mol. The van der Waals surface area contributed by atoms with Crippen LogP contribution >= 0.6 is 11.9 Å². The van der Waals surface area contributed by atoms with Crippen molar-refractivity contribution in [2.75, 3.05) is 16.0 Å². The van der Waals surface area contributed by atoms with Crippen LogP contribution in [0.3, 0.4) is 0 Å². The summed E-state index contributed by atoms with van der Waals surface area (Å²) in [5, 5.41) is 14.1. The molecule has 0 aliphatic rings. The summed E-state index contributed by atoms with van der Waals surface area (Å²) in [5.41, 5.74) is 1.81. The highest BCUT2D eigenvalue weighted by Crippen LogP contribution is 2.23. The Kier molecular flexibility index (Phi) is 6.20. The summed E-state index contributed by atoms with van der Waals surface area (Å²) in [4.78, 5) is 20.4. The average molecular weight is 396 g/mol. The van der Waals surface area contributed by atoms with Gasteiger partial charge in [0.15, 0.2) is 11.6 Å². The zero-order valence-electron chi connectivity index (χ0n) is 14.6. The van der Waals surface area contributed by atoms with Crippen LogP contribution in [0, 0.1) is 5.82 Å². The van der Waals surface area contributed by atoms with E-state index in [1.54, 1.807) is 24.3 Å². The fourth-order valence-electron chi connectivity index (χ4n) is 2.30. The summed E-state index contributed by atoms with van der Waals surface area (Å²) in [6.07, 6.45) is 2.24. The molecule has 0 fully saturated rings. The van der Waals surface area contributed by atoms with Crippen LogP contribution in [-0.4, -0.2) is 15.9 Å². The minimum atomic E-state index is -0.614. The van der Waals surface area contributed by atoms with E-state index in [1.807, 2.05) is 24.3 Å². The second-order valence-corrected chi connectivity index (χ2v) is 6.27. The van der Waals surface area contributed by atoms with Gasteiger partial charge >= 0.3 is 0 Å². The lowest BCUT2D eigenvalue weighted by Gasteiger charge is -2.11. The SMILES string of the molecule is C=CC(=O)Nc1cccc(Nc2nc(Nc3cccc(SN)c3)ncc2F)c1. The molecule has 0 bridgehead atoms. The molecule has 0 spiro atoms. The number of rotatable bonds is 7. The number of anilines is 5. The zero-order valence-corrected chi connectivity index (χ0v) is 15.5. The van der Waals surface area contributed by atoms with Gasteiger partial charge in [-0.25, -0.2) is 9.37 Å². The second-order valence-electron chi connectivity index (χ2n) is 5.56. The molecule has 1 heterocycles. The van der Waals surface area contributed by atoms with Gasteiger partial charge in [-0.1, -0.05) is 18.7 Å². The Labute approximate surface area is 165 Å². The van der Waals surface area contributed by atoms with Crippen LogP contribution in [0.15, 0.2) is 72.3 Å². The summed E-state index contributed by atoms with van der Waals surface area (Å²) in [5.74, 6) is -0.736. The molecule has 0 radical (unpaired) electrons. The number of benzene rings is 2. The van der Waals surface area contributed by atoms with Crippen LogP contribution in [0.4, 0.5) is 33.2 Å². The zero-order chi connectivity index (χ0) is 19.9. The van der Waals surface area contributed by atoms with E-state index in [9.17, 15) is 9.18 Å². The predicted molar refractivity (Wildman–Crippen MR) is 110 cm³/mol. The van der Waals surface area contributed by atoms with Crippen LogP contribution in [0.25, 0.3) is 0 Å². The fourth-order valence-corrected chi connectivity index (χ4v) is 2.65. The Morgan fingerprint density at radius 1 is 1.11 bits per heavy atom. The van der Waals surface area contributed by atoms with Gasteiger partial charge in [-0.15, -0.1) is 0 Å². The Morgan fingerprint density at radius 3 is 2.57 bits per heavy atom. The molecule has 28 heavy (non-hydrogen) atoms. The highest BCUT2D eigenvalue weighted by Gasteiger charge is 2.09. The molecule has 9 heteroatoms. The molecule has 5 N–H and O–H groups in total. The van der Waals surface area contributed by atoms with Crippen molar-refractivity contribution in [2.24, 2.45) is 5.14 Å². The summed E-state index contributed by atoms with van der Waals surface area (Å²) >= 11 is 1.12. The lowest BCUT2D eigenvalue weighted by Crippen LogP contribution is -2.07. The van der Waals surface area contributed by atoms with E-state index in [2.05, 4.69) is 32.5 Å². The van der Waals surface area contributed by atoms with Crippen molar-refractivity contribution in [2.45, 2.75) is 4.90 Å². The van der Waals surface area contributed by atoms with E-state index in [1.165, 1.54) is 6.08 Å². The van der Waals surface area contributed by atoms with E-state index in [4.69, 9.17) is 5.14 Å². The maximum absolute atomic E-state index is 14.2. The van der Waals surface area contributed by atoms with Crippen molar-refractivity contribution in [3.05, 3.63) is 73.2 Å². The van der Waals surface area contributed by atoms with Crippen molar-refractivity contribution >= 4 is 46.7 Å². The van der Waals surface area contributed by atoms with Gasteiger partial charge in [-0.05, 0) is 54.4 Å². The van der Waals surface area contributed by atoms with Crippen molar-refractivity contribution in [3.8, 4) is 0 Å². The van der Waals surface area contributed by atoms with Gasteiger partial charge < -0.3 is 16.0 Å². The van der Waals surface area contributed by atoms with Crippen LogP contribution in [-0.2, 0) is 4.79 Å². The van der Waals surface area contributed by atoms with Crippen molar-refractivity contribution < 1.29 is 9.18 Å². The Balaban J connectivity index is 1.79. The quantitative estimate of drug-likeness (QED) is 0.350. The molecule has 0 unspecified atom stereocenters. The highest BCUT2D eigenvalue weighted by molar-refractivity contribution is 7.97. The predicted octanol–water partition coefficient (Wildman–Crippen LogP) is 4.19. The molecule has 0 saturated heterocycles. The number of amides is 1. The Morgan fingerprint density at radius 2 is 1.82 bits per heavy atom. The van der Waals surface area contributed by atoms with Crippen LogP contribution in [0.5, 0.6) is 0 Å². The van der Waals surface area contributed by atoms with Crippen molar-refractivity contribution in [1.29, 1.82) is 0 Å². The van der Waals surface area contributed by atoms with Crippen LogP contribution in [0.1, 0.15) is 0 Å². The van der Waals surface area contributed by atoms with Gasteiger partial charge in [-0.3, -0.25) is 9.93 Å². The Bertz CT molecular complexity index is 1010. The van der Waals surface area contributed by atoms with Crippen LogP contribution in [0.2, 0.25) is 0 Å². The van der Waals surface area contributed by atoms with E-state index in [0.29, 0.717) is 11.4 Å². The minimum Gasteiger partial charge on any atom is -0.338 e. The molecule has 0 aliphatic heterocycles. The van der Waals surface area contributed by atoms with E-state index < -0.39 is 5.82 Å². The number of aromatic nitrogens is 2. The van der Waals surface area contributed by atoms with Gasteiger partial charge in [0.2, 0.25) is 11.9 Å². The first-order valence-electron chi connectivity index (χ1n) is 8.14. The number of nitrogens with zero attached hydrogens (tertiary/aromatic N) is 2. The van der Waals surface area contributed by atoms with Crippen molar-refractivity contribution in [3.63, 3.8) is 0 Å². The molecular weight excluding hydrogens is 379 g/mol. The van der Waals surface area contributed by atoms with Gasteiger partial charge in [0.05, 0.1) is 6.20 Å². The van der Waals surface area contributed by atoms with Gasteiger partial charge in [0.1, 0.15) is 0 Å². The highest BCUT2D eigenvalue weighted by atomic mass is 32.2. The van der Waals surface area contributed by atoms with Crippen molar-refractivity contribution in [1.82, 2.24) is 9.97 Å². The number of hydrogen-bond donors (Lipinski definition) is 4. The average Bonchev–Trinajstić information content (AvgIpc) is 2.71. The van der Waals surface area contributed by atoms with Crippen LogP contribution < -0.4 is 21.1 Å². The molecular formula is C19H17FN6OS. The molecule has 3 rings (SSSR count). The molecule has 0 aliphatic carbocycles. The molecule has 142 valence electrons. The lowest BCUT2D eigenvalue weighted by atomic mass is 10.2. The number of nitrogens with one attached hydrogen (secondary N) is 3. The van der Waals surface area contributed by atoms with Gasteiger partial charge in [0, 0.05) is 22.0 Å². The number of carbonyl (C=O) groups is 1. The Hall–Kier alpha value is -3.43. The topological polar surface area (TPSA) is 105 Å². The van der Waals surface area contributed by atoms with E-state index in [-0.39, 0.29) is 17.7 Å². The fraction of sp³-hybridized carbons (Fsp3) is 0. The van der Waals surface area contributed by atoms with Gasteiger partial charge in [-0.2, -0.15) is 4.98 Å². The van der Waals surface area contributed by atoms with E-state index >= 15 is 0 Å².